The maximum absolute atomic E-state index is 13.1. The molecule has 2 aromatic carbocycles. The Hall–Kier alpha value is -4.70. The standard InChI is InChI=1S/C30H31N5O5/c1-17-24(35(18(2)25(17)30(39)40)29(26(31)36)34-13-7-4-8-14-34)16-22-21-12-11-20(15-23(21)33-28(22)38)32-27(37)19-9-5-3-6-10-19/h3,5-6,9-12,15-16,29H,4,7-8,13-14H2,1-2H3,(H2,31,36)(H,32,37)(H,33,38)(H,39,40). The van der Waals surface area contributed by atoms with Crippen LogP contribution in [0.2, 0.25) is 0 Å². The summed E-state index contributed by atoms with van der Waals surface area (Å²) in [6, 6.07) is 13.9. The Morgan fingerprint density at radius 2 is 1.75 bits per heavy atom. The third-order valence-electron chi connectivity index (χ3n) is 7.57. The number of nitrogens with zero attached hydrogens (tertiary/aromatic N) is 2. The highest BCUT2D eigenvalue weighted by Crippen LogP contribution is 2.38. The predicted octanol–water partition coefficient (Wildman–Crippen LogP) is 4.02. The number of aromatic nitrogens is 1. The molecule has 0 spiro atoms. The summed E-state index contributed by atoms with van der Waals surface area (Å²) in [5.41, 5.74) is 9.68. The molecule has 0 bridgehead atoms. The summed E-state index contributed by atoms with van der Waals surface area (Å²) in [6.07, 6.45) is 3.60. The van der Waals surface area contributed by atoms with E-state index in [1.165, 1.54) is 0 Å². The number of rotatable bonds is 7. The Kier molecular flexibility index (Phi) is 7.27. The normalized spacial score (nSPS) is 16.9. The number of benzene rings is 2. The van der Waals surface area contributed by atoms with Gasteiger partial charge in [0.1, 0.15) is 0 Å². The molecular formula is C30H31N5O5. The molecule has 40 heavy (non-hydrogen) atoms. The number of nitrogens with two attached hydrogens (primary N) is 1. The average Bonchev–Trinajstić information content (AvgIpc) is 3.37. The van der Waals surface area contributed by atoms with E-state index in [1.54, 1.807) is 67.0 Å². The number of carbonyl (C=O) groups excluding carboxylic acids is 3. The number of likely N-dealkylation sites (tertiary alicyclic amines) is 1. The molecule has 2 aliphatic heterocycles. The second-order valence-corrected chi connectivity index (χ2v) is 10.1. The maximum Gasteiger partial charge on any atom is 0.337 e. The van der Waals surface area contributed by atoms with Crippen LogP contribution in [0, 0.1) is 13.8 Å². The number of hydrogen-bond donors (Lipinski definition) is 4. The fourth-order valence-corrected chi connectivity index (χ4v) is 5.67. The maximum atomic E-state index is 13.1. The van der Waals surface area contributed by atoms with Gasteiger partial charge in [0.05, 0.1) is 16.8 Å². The van der Waals surface area contributed by atoms with Crippen molar-refractivity contribution in [3.63, 3.8) is 0 Å². The van der Waals surface area contributed by atoms with Crippen LogP contribution in [0.25, 0.3) is 11.6 Å². The van der Waals surface area contributed by atoms with Crippen molar-refractivity contribution >= 4 is 46.7 Å². The lowest BCUT2D eigenvalue weighted by Crippen LogP contribution is -2.44. The molecule has 1 aromatic heterocycles. The molecule has 5 N–H and O–H groups in total. The number of hydrogen-bond acceptors (Lipinski definition) is 5. The number of carboxylic acids is 1. The van der Waals surface area contributed by atoms with Crippen molar-refractivity contribution in [3.05, 3.63) is 82.2 Å². The molecule has 2 aliphatic rings. The fourth-order valence-electron chi connectivity index (χ4n) is 5.67. The Morgan fingerprint density at radius 1 is 1.05 bits per heavy atom. The van der Waals surface area contributed by atoms with E-state index in [0.717, 1.165) is 19.3 Å². The first-order chi connectivity index (χ1) is 19.2. The topological polar surface area (TPSA) is 147 Å². The highest BCUT2D eigenvalue weighted by atomic mass is 16.4. The van der Waals surface area contributed by atoms with Gasteiger partial charge in [-0.05, 0) is 62.6 Å². The van der Waals surface area contributed by atoms with Crippen LogP contribution in [0.1, 0.15) is 68.7 Å². The van der Waals surface area contributed by atoms with Crippen molar-refractivity contribution in [3.8, 4) is 0 Å². The molecule has 0 radical (unpaired) electrons. The first-order valence-electron chi connectivity index (χ1n) is 13.2. The second kappa shape index (κ2) is 10.8. The van der Waals surface area contributed by atoms with Crippen LogP contribution in [-0.2, 0) is 9.59 Å². The zero-order chi connectivity index (χ0) is 28.6. The Bertz CT molecular complexity index is 1550. The molecule has 3 aromatic rings. The van der Waals surface area contributed by atoms with Crippen LogP contribution in [0.3, 0.4) is 0 Å². The molecule has 1 unspecified atom stereocenters. The first-order valence-corrected chi connectivity index (χ1v) is 13.2. The summed E-state index contributed by atoms with van der Waals surface area (Å²) in [4.78, 5) is 52.7. The summed E-state index contributed by atoms with van der Waals surface area (Å²) in [6.45, 7) is 4.64. The number of aromatic carboxylic acids is 1. The number of carbonyl (C=O) groups is 4. The number of primary amides is 1. The lowest BCUT2D eigenvalue weighted by Gasteiger charge is -2.35. The van der Waals surface area contributed by atoms with Gasteiger partial charge in [-0.2, -0.15) is 0 Å². The third-order valence-corrected chi connectivity index (χ3v) is 7.57. The van der Waals surface area contributed by atoms with Crippen LogP contribution in [0.15, 0.2) is 48.5 Å². The molecule has 0 saturated carbocycles. The molecule has 3 amide bonds. The number of nitrogens with one attached hydrogen (secondary N) is 2. The van der Waals surface area contributed by atoms with Crippen molar-refractivity contribution in [1.82, 2.24) is 9.47 Å². The van der Waals surface area contributed by atoms with E-state index in [-0.39, 0.29) is 17.4 Å². The largest absolute Gasteiger partial charge is 0.478 e. The number of carboxylic acid groups (broad SMARTS) is 1. The van der Waals surface area contributed by atoms with Crippen LogP contribution in [0.5, 0.6) is 0 Å². The van der Waals surface area contributed by atoms with Crippen molar-refractivity contribution in [2.45, 2.75) is 39.3 Å². The van der Waals surface area contributed by atoms with E-state index in [0.29, 0.717) is 58.1 Å². The molecule has 1 fully saturated rings. The minimum absolute atomic E-state index is 0.0766. The van der Waals surface area contributed by atoms with Crippen LogP contribution < -0.4 is 16.4 Å². The predicted molar refractivity (Wildman–Crippen MR) is 152 cm³/mol. The minimum Gasteiger partial charge on any atom is -0.478 e. The number of anilines is 2. The van der Waals surface area contributed by atoms with Gasteiger partial charge in [0.25, 0.3) is 17.7 Å². The second-order valence-electron chi connectivity index (χ2n) is 10.1. The van der Waals surface area contributed by atoms with Gasteiger partial charge < -0.3 is 26.0 Å². The van der Waals surface area contributed by atoms with Crippen molar-refractivity contribution < 1.29 is 24.3 Å². The molecule has 1 atom stereocenters. The van der Waals surface area contributed by atoms with Crippen molar-refractivity contribution in [2.75, 3.05) is 23.7 Å². The highest BCUT2D eigenvalue weighted by Gasteiger charge is 2.34. The Morgan fingerprint density at radius 3 is 2.40 bits per heavy atom. The van der Waals surface area contributed by atoms with Gasteiger partial charge in [-0.15, -0.1) is 0 Å². The van der Waals surface area contributed by atoms with Crippen molar-refractivity contribution in [1.29, 1.82) is 0 Å². The lowest BCUT2D eigenvalue weighted by atomic mass is 10.0. The minimum atomic E-state index is -1.12. The van der Waals surface area contributed by atoms with E-state index in [2.05, 4.69) is 10.6 Å². The summed E-state index contributed by atoms with van der Waals surface area (Å²) in [5, 5.41) is 15.7. The molecule has 5 rings (SSSR count). The van der Waals surface area contributed by atoms with Crippen LogP contribution >= 0.6 is 0 Å². The van der Waals surface area contributed by atoms with Gasteiger partial charge in [0, 0.05) is 41.3 Å². The zero-order valence-corrected chi connectivity index (χ0v) is 22.4. The molecule has 0 aliphatic carbocycles. The van der Waals surface area contributed by atoms with E-state index in [1.807, 2.05) is 11.0 Å². The van der Waals surface area contributed by atoms with E-state index in [9.17, 15) is 24.3 Å². The van der Waals surface area contributed by atoms with Gasteiger partial charge in [-0.3, -0.25) is 19.3 Å². The Balaban J connectivity index is 1.56. The molecule has 1 saturated heterocycles. The smallest absolute Gasteiger partial charge is 0.337 e. The molecule has 10 heteroatoms. The monoisotopic (exact) mass is 541 g/mol. The van der Waals surface area contributed by atoms with E-state index < -0.39 is 18.0 Å². The summed E-state index contributed by atoms with van der Waals surface area (Å²) >= 11 is 0. The molecular weight excluding hydrogens is 510 g/mol. The fraction of sp³-hybridized carbons (Fsp3) is 0.267. The average molecular weight is 542 g/mol. The van der Waals surface area contributed by atoms with Crippen molar-refractivity contribution in [2.24, 2.45) is 5.73 Å². The summed E-state index contributed by atoms with van der Waals surface area (Å²) < 4.78 is 1.65. The third kappa shape index (κ3) is 4.89. The van der Waals surface area contributed by atoms with Crippen LogP contribution in [0.4, 0.5) is 11.4 Å². The number of fused-ring (bicyclic) bond motifs is 1. The lowest BCUT2D eigenvalue weighted by molar-refractivity contribution is -0.127. The molecule has 10 nitrogen and oxygen atoms in total. The zero-order valence-electron chi connectivity index (χ0n) is 22.4. The van der Waals surface area contributed by atoms with Gasteiger partial charge in [0.2, 0.25) is 0 Å². The number of piperidine rings is 1. The van der Waals surface area contributed by atoms with Crippen LogP contribution in [-0.4, -0.2) is 51.4 Å². The number of amides is 3. The quantitative estimate of drug-likeness (QED) is 0.332. The first kappa shape index (κ1) is 26.9. The molecule has 206 valence electrons. The highest BCUT2D eigenvalue weighted by molar-refractivity contribution is 6.35. The Labute approximate surface area is 231 Å². The molecule has 3 heterocycles. The SMILES string of the molecule is Cc1c(C(=O)O)c(C)n(C(C(N)=O)N2CCCCC2)c1C=C1C(=O)Nc2cc(NC(=O)c3ccccc3)ccc21. The van der Waals surface area contributed by atoms with Gasteiger partial charge in [0.15, 0.2) is 6.17 Å². The van der Waals surface area contributed by atoms with Gasteiger partial charge >= 0.3 is 5.97 Å². The summed E-state index contributed by atoms with van der Waals surface area (Å²) in [7, 11) is 0. The van der Waals surface area contributed by atoms with Gasteiger partial charge in [-0.25, -0.2) is 4.79 Å². The summed E-state index contributed by atoms with van der Waals surface area (Å²) in [5.74, 6) is -2.37. The van der Waals surface area contributed by atoms with Gasteiger partial charge in [-0.1, -0.05) is 30.7 Å². The van der Waals surface area contributed by atoms with E-state index >= 15 is 0 Å². The van der Waals surface area contributed by atoms with E-state index in [4.69, 9.17) is 5.73 Å².